The number of hydrogen-bond donors (Lipinski definition) is 1. The van der Waals surface area contributed by atoms with Crippen molar-refractivity contribution < 1.29 is 18.3 Å². The van der Waals surface area contributed by atoms with Crippen LogP contribution in [0.3, 0.4) is 0 Å². The Kier molecular flexibility index (Phi) is 5.07. The van der Waals surface area contributed by atoms with Crippen molar-refractivity contribution in [3.05, 3.63) is 64.1 Å². The van der Waals surface area contributed by atoms with Crippen molar-refractivity contribution >= 4 is 33.4 Å². The predicted molar refractivity (Wildman–Crippen MR) is 112 cm³/mol. The van der Waals surface area contributed by atoms with Gasteiger partial charge in [-0.05, 0) is 55.0 Å². The molecule has 0 radical (unpaired) electrons. The number of benzene rings is 2. The molecule has 0 aliphatic rings. The summed E-state index contributed by atoms with van der Waals surface area (Å²) in [4.78, 5) is 16.2. The number of aromatic nitrogens is 3. The SMILES string of the molecule is CSc1nc(C(F)(F)F)cc(=O)n1-c1ccc2snc(-c3cc(C)ccc3O)c2c1. The second-order valence-corrected chi connectivity index (χ2v) is 8.11. The second kappa shape index (κ2) is 7.44. The summed E-state index contributed by atoms with van der Waals surface area (Å²) in [6.45, 7) is 1.89. The van der Waals surface area contributed by atoms with Crippen molar-refractivity contribution in [2.45, 2.75) is 18.3 Å². The average Bonchev–Trinajstić information content (AvgIpc) is 3.11. The number of hydrogen-bond acceptors (Lipinski definition) is 6. The highest BCUT2D eigenvalue weighted by Crippen LogP contribution is 2.37. The zero-order valence-electron chi connectivity index (χ0n) is 15.7. The number of halogens is 3. The fourth-order valence-electron chi connectivity index (χ4n) is 3.08. The standard InChI is InChI=1S/C20H14F3N3O2S2/c1-10-3-5-14(27)12(7-10)18-13-8-11(4-6-15(13)30-25-18)26-17(28)9-16(20(21,22)23)24-19(26)29-2/h3-9,27H,1-2H3. The molecule has 2 heterocycles. The van der Waals surface area contributed by atoms with Crippen molar-refractivity contribution in [3.8, 4) is 22.7 Å². The number of aryl methyl sites for hydroxylation is 1. The maximum Gasteiger partial charge on any atom is 0.433 e. The van der Waals surface area contributed by atoms with E-state index in [1.54, 1.807) is 42.7 Å². The normalized spacial score (nSPS) is 11.9. The van der Waals surface area contributed by atoms with Crippen LogP contribution in [0.2, 0.25) is 0 Å². The third-order valence-corrected chi connectivity index (χ3v) is 5.95. The van der Waals surface area contributed by atoms with Gasteiger partial charge in [-0.15, -0.1) is 0 Å². The van der Waals surface area contributed by atoms with Crippen LogP contribution in [0.1, 0.15) is 11.3 Å². The molecule has 4 aromatic rings. The van der Waals surface area contributed by atoms with E-state index >= 15 is 0 Å². The van der Waals surface area contributed by atoms with Crippen LogP contribution in [-0.2, 0) is 6.18 Å². The molecular formula is C20H14F3N3O2S2. The van der Waals surface area contributed by atoms with Gasteiger partial charge in [-0.2, -0.15) is 17.5 Å². The molecule has 0 saturated carbocycles. The van der Waals surface area contributed by atoms with E-state index < -0.39 is 17.4 Å². The Morgan fingerprint density at radius 2 is 1.90 bits per heavy atom. The summed E-state index contributed by atoms with van der Waals surface area (Å²) < 4.78 is 45.5. The molecule has 0 fully saturated rings. The van der Waals surface area contributed by atoms with Crippen molar-refractivity contribution in [1.82, 2.24) is 13.9 Å². The van der Waals surface area contributed by atoms with E-state index in [-0.39, 0.29) is 10.9 Å². The minimum atomic E-state index is -4.71. The number of phenolic OH excluding ortho intramolecular Hbond substituents is 1. The minimum Gasteiger partial charge on any atom is -0.507 e. The topological polar surface area (TPSA) is 68.0 Å². The van der Waals surface area contributed by atoms with Gasteiger partial charge < -0.3 is 5.11 Å². The smallest absolute Gasteiger partial charge is 0.433 e. The van der Waals surface area contributed by atoms with Crippen molar-refractivity contribution in [2.24, 2.45) is 0 Å². The summed E-state index contributed by atoms with van der Waals surface area (Å²) in [5.74, 6) is 0.0661. The second-order valence-electron chi connectivity index (χ2n) is 6.53. The van der Waals surface area contributed by atoms with Crippen LogP contribution in [-0.4, -0.2) is 25.3 Å². The summed E-state index contributed by atoms with van der Waals surface area (Å²) in [6, 6.07) is 10.7. The molecule has 0 bridgehead atoms. The zero-order valence-corrected chi connectivity index (χ0v) is 17.3. The zero-order chi connectivity index (χ0) is 21.6. The Morgan fingerprint density at radius 1 is 1.13 bits per heavy atom. The van der Waals surface area contributed by atoms with Gasteiger partial charge >= 0.3 is 6.18 Å². The fraction of sp³-hybridized carbons (Fsp3) is 0.150. The summed E-state index contributed by atoms with van der Waals surface area (Å²) in [5.41, 5.74) is 0.332. The highest BCUT2D eigenvalue weighted by Gasteiger charge is 2.34. The molecule has 4 rings (SSSR count). The molecule has 2 aromatic carbocycles. The van der Waals surface area contributed by atoms with Gasteiger partial charge in [-0.25, -0.2) is 4.98 Å². The Balaban J connectivity index is 1.94. The molecule has 0 amide bonds. The quantitative estimate of drug-likeness (QED) is 0.341. The lowest BCUT2D eigenvalue weighted by Crippen LogP contribution is -2.24. The number of alkyl halides is 3. The number of aromatic hydroxyl groups is 1. The maximum absolute atomic E-state index is 13.0. The molecule has 10 heteroatoms. The van der Waals surface area contributed by atoms with E-state index in [2.05, 4.69) is 9.36 Å². The van der Waals surface area contributed by atoms with Crippen LogP contribution < -0.4 is 5.56 Å². The van der Waals surface area contributed by atoms with E-state index in [1.165, 1.54) is 11.5 Å². The molecule has 0 spiro atoms. The summed E-state index contributed by atoms with van der Waals surface area (Å²) in [7, 11) is 0. The average molecular weight is 449 g/mol. The van der Waals surface area contributed by atoms with Gasteiger partial charge in [0.05, 0.1) is 16.1 Å². The van der Waals surface area contributed by atoms with Gasteiger partial charge in [0.1, 0.15) is 5.75 Å². The van der Waals surface area contributed by atoms with E-state index in [1.807, 2.05) is 6.92 Å². The van der Waals surface area contributed by atoms with Crippen LogP contribution >= 0.6 is 23.3 Å². The van der Waals surface area contributed by atoms with Crippen LogP contribution in [0, 0.1) is 6.92 Å². The Bertz CT molecular complexity index is 1330. The first-order valence-electron chi connectivity index (χ1n) is 8.64. The van der Waals surface area contributed by atoms with Gasteiger partial charge in [0.15, 0.2) is 10.9 Å². The lowest BCUT2D eigenvalue weighted by Gasteiger charge is -2.13. The van der Waals surface area contributed by atoms with Crippen LogP contribution in [0.15, 0.2) is 52.4 Å². The number of thioether (sulfide) groups is 1. The maximum atomic E-state index is 13.0. The Labute approximate surface area is 177 Å². The first-order valence-corrected chi connectivity index (χ1v) is 10.6. The van der Waals surface area contributed by atoms with E-state index in [0.717, 1.165) is 26.6 Å². The molecule has 0 atom stereocenters. The van der Waals surface area contributed by atoms with E-state index in [0.29, 0.717) is 28.4 Å². The summed E-state index contributed by atoms with van der Waals surface area (Å²) >= 11 is 2.18. The Morgan fingerprint density at radius 3 is 2.60 bits per heavy atom. The number of phenols is 1. The molecule has 5 nitrogen and oxygen atoms in total. The van der Waals surface area contributed by atoms with Crippen molar-refractivity contribution in [2.75, 3.05) is 6.26 Å². The highest BCUT2D eigenvalue weighted by atomic mass is 32.2. The molecule has 0 unspecified atom stereocenters. The molecule has 154 valence electrons. The van der Waals surface area contributed by atoms with Crippen LogP contribution in [0.4, 0.5) is 13.2 Å². The monoisotopic (exact) mass is 449 g/mol. The largest absolute Gasteiger partial charge is 0.507 e. The first-order chi connectivity index (χ1) is 14.2. The predicted octanol–water partition coefficient (Wildman–Crippen LogP) is 5.26. The van der Waals surface area contributed by atoms with Crippen LogP contribution in [0.5, 0.6) is 5.75 Å². The van der Waals surface area contributed by atoms with Crippen molar-refractivity contribution in [1.29, 1.82) is 0 Å². The summed E-state index contributed by atoms with van der Waals surface area (Å²) in [5, 5.41) is 10.9. The van der Waals surface area contributed by atoms with Gasteiger partial charge in [0.25, 0.3) is 5.56 Å². The fourth-order valence-corrected chi connectivity index (χ4v) is 4.42. The van der Waals surface area contributed by atoms with E-state index in [9.17, 15) is 23.1 Å². The minimum absolute atomic E-state index is 0.0661. The lowest BCUT2D eigenvalue weighted by atomic mass is 10.0. The molecule has 0 saturated heterocycles. The number of rotatable bonds is 3. The summed E-state index contributed by atoms with van der Waals surface area (Å²) in [6.07, 6.45) is -3.15. The van der Waals surface area contributed by atoms with Gasteiger partial charge in [0.2, 0.25) is 0 Å². The van der Waals surface area contributed by atoms with Gasteiger partial charge in [-0.1, -0.05) is 23.4 Å². The molecule has 0 aliphatic carbocycles. The Hall–Kier alpha value is -2.85. The molecule has 1 N–H and O–H groups in total. The van der Waals surface area contributed by atoms with Gasteiger partial charge in [0, 0.05) is 17.0 Å². The van der Waals surface area contributed by atoms with Gasteiger partial charge in [-0.3, -0.25) is 9.36 Å². The number of nitrogens with zero attached hydrogens (tertiary/aromatic N) is 3. The third kappa shape index (κ3) is 3.56. The highest BCUT2D eigenvalue weighted by molar-refractivity contribution is 7.98. The lowest BCUT2D eigenvalue weighted by molar-refractivity contribution is -0.141. The molecule has 2 aromatic heterocycles. The molecular weight excluding hydrogens is 435 g/mol. The molecule has 30 heavy (non-hydrogen) atoms. The molecule has 0 aliphatic heterocycles. The number of fused-ring (bicyclic) bond motifs is 1. The van der Waals surface area contributed by atoms with Crippen molar-refractivity contribution in [3.63, 3.8) is 0 Å². The third-order valence-electron chi connectivity index (χ3n) is 4.48. The first kappa shape index (κ1) is 20.4. The van der Waals surface area contributed by atoms with Crippen LogP contribution in [0.25, 0.3) is 27.0 Å². The van der Waals surface area contributed by atoms with E-state index in [4.69, 9.17) is 0 Å².